The first-order valence-corrected chi connectivity index (χ1v) is 8.24. The molecule has 3 N–H and O–H groups in total. The number of H-pyrrole nitrogens is 1. The Morgan fingerprint density at radius 1 is 1.23 bits per heavy atom. The van der Waals surface area contributed by atoms with Gasteiger partial charge in [-0.1, -0.05) is 0 Å². The van der Waals surface area contributed by atoms with Gasteiger partial charge in [-0.05, 0) is 55.6 Å². The number of benzene rings is 1. The number of amides is 1. The smallest absolute Gasteiger partial charge is 0.270 e. The van der Waals surface area contributed by atoms with E-state index in [4.69, 9.17) is 0 Å². The van der Waals surface area contributed by atoms with Crippen LogP contribution in [0.4, 0.5) is 10.1 Å². The maximum absolute atomic E-state index is 13.2. The van der Waals surface area contributed by atoms with Gasteiger partial charge in [-0.3, -0.25) is 14.6 Å². The Morgan fingerprint density at radius 2 is 2.04 bits per heavy atom. The van der Waals surface area contributed by atoms with Gasteiger partial charge < -0.3 is 15.6 Å². The van der Waals surface area contributed by atoms with E-state index in [1.807, 2.05) is 13.8 Å². The molecule has 0 bridgehead atoms. The van der Waals surface area contributed by atoms with Crippen molar-refractivity contribution in [3.05, 3.63) is 70.0 Å². The maximum Gasteiger partial charge on any atom is 0.270 e. The van der Waals surface area contributed by atoms with Gasteiger partial charge in [0.25, 0.3) is 11.5 Å². The molecule has 0 fully saturated rings. The fourth-order valence-corrected chi connectivity index (χ4v) is 2.55. The van der Waals surface area contributed by atoms with Crippen LogP contribution in [0, 0.1) is 5.82 Å². The summed E-state index contributed by atoms with van der Waals surface area (Å²) < 4.78 is 13.2. The Kier molecular flexibility index (Phi) is 4.97. The summed E-state index contributed by atoms with van der Waals surface area (Å²) in [6, 6.07) is 9.33. The topological polar surface area (TPSA) is 86.9 Å². The highest BCUT2D eigenvalue weighted by atomic mass is 19.1. The summed E-state index contributed by atoms with van der Waals surface area (Å²) in [6.07, 6.45) is 1.53. The van der Waals surface area contributed by atoms with Crippen molar-refractivity contribution < 1.29 is 9.18 Å². The molecule has 6 nitrogen and oxygen atoms in total. The van der Waals surface area contributed by atoms with E-state index in [0.29, 0.717) is 22.5 Å². The monoisotopic (exact) mass is 354 g/mol. The lowest BCUT2D eigenvalue weighted by atomic mass is 10.1. The van der Waals surface area contributed by atoms with E-state index in [-0.39, 0.29) is 24.1 Å². The molecule has 7 heteroatoms. The summed E-state index contributed by atoms with van der Waals surface area (Å²) in [7, 11) is 0. The van der Waals surface area contributed by atoms with Gasteiger partial charge in [-0.2, -0.15) is 0 Å². The molecule has 2 heterocycles. The van der Waals surface area contributed by atoms with Crippen molar-refractivity contribution in [3.63, 3.8) is 0 Å². The van der Waals surface area contributed by atoms with Gasteiger partial charge in [-0.15, -0.1) is 0 Å². The molecule has 0 atom stereocenters. The summed E-state index contributed by atoms with van der Waals surface area (Å²) in [5.74, 6) is -0.655. The highest BCUT2D eigenvalue weighted by Crippen LogP contribution is 2.14. The minimum absolute atomic E-state index is 0.0157. The lowest BCUT2D eigenvalue weighted by Crippen LogP contribution is -2.30. The van der Waals surface area contributed by atoms with E-state index in [1.165, 1.54) is 18.3 Å². The number of aromatic amines is 1. The summed E-state index contributed by atoms with van der Waals surface area (Å²) >= 11 is 0. The normalized spacial score (nSPS) is 10.9. The molecule has 0 spiro atoms. The van der Waals surface area contributed by atoms with Gasteiger partial charge in [-0.25, -0.2) is 4.39 Å². The molecule has 2 aromatic heterocycles. The van der Waals surface area contributed by atoms with Crippen LogP contribution in [0.15, 0.2) is 47.4 Å². The van der Waals surface area contributed by atoms with Gasteiger partial charge in [0, 0.05) is 30.0 Å². The third-order valence-electron chi connectivity index (χ3n) is 3.78. The van der Waals surface area contributed by atoms with Crippen LogP contribution in [0.25, 0.3) is 10.9 Å². The second kappa shape index (κ2) is 7.35. The van der Waals surface area contributed by atoms with Crippen LogP contribution in [0.5, 0.6) is 0 Å². The second-order valence-corrected chi connectivity index (χ2v) is 6.27. The number of fused-ring (bicyclic) bond motifs is 1. The molecule has 0 saturated heterocycles. The molecule has 0 radical (unpaired) electrons. The first kappa shape index (κ1) is 17.6. The third-order valence-corrected chi connectivity index (χ3v) is 3.78. The quantitative estimate of drug-likeness (QED) is 0.658. The lowest BCUT2D eigenvalue weighted by Gasteiger charge is -2.10. The van der Waals surface area contributed by atoms with E-state index in [2.05, 4.69) is 20.6 Å². The first-order chi connectivity index (χ1) is 12.4. The Labute approximate surface area is 149 Å². The molecular weight excluding hydrogens is 335 g/mol. The van der Waals surface area contributed by atoms with E-state index < -0.39 is 5.82 Å². The summed E-state index contributed by atoms with van der Waals surface area (Å²) in [4.78, 5) is 30.9. The van der Waals surface area contributed by atoms with E-state index >= 15 is 0 Å². The number of halogens is 1. The van der Waals surface area contributed by atoms with Gasteiger partial charge in [0.15, 0.2) is 0 Å². The maximum atomic E-state index is 13.2. The zero-order valence-corrected chi connectivity index (χ0v) is 14.5. The zero-order valence-electron chi connectivity index (χ0n) is 14.5. The Bertz CT molecular complexity index is 1010. The minimum Gasteiger partial charge on any atom is -0.381 e. The Hall–Kier alpha value is -3.22. The molecule has 1 amide bonds. The number of anilines is 1. The highest BCUT2D eigenvalue weighted by molar-refractivity contribution is 5.93. The van der Waals surface area contributed by atoms with Crippen molar-refractivity contribution in [1.29, 1.82) is 0 Å². The number of pyridine rings is 2. The van der Waals surface area contributed by atoms with E-state index in [9.17, 15) is 14.0 Å². The van der Waals surface area contributed by atoms with Crippen molar-refractivity contribution in [2.24, 2.45) is 0 Å². The predicted octanol–water partition coefficient (Wildman–Crippen LogP) is 2.81. The summed E-state index contributed by atoms with van der Waals surface area (Å²) in [5, 5.41) is 6.64. The largest absolute Gasteiger partial charge is 0.381 e. The third kappa shape index (κ3) is 4.05. The average Bonchev–Trinajstić information content (AvgIpc) is 2.59. The number of aromatic nitrogens is 2. The minimum atomic E-state index is -0.400. The average molecular weight is 354 g/mol. The molecule has 3 aromatic rings. The molecule has 0 aliphatic heterocycles. The molecule has 0 aliphatic rings. The Balaban J connectivity index is 1.78. The Morgan fingerprint density at radius 3 is 2.81 bits per heavy atom. The van der Waals surface area contributed by atoms with Crippen LogP contribution in [-0.4, -0.2) is 21.9 Å². The molecule has 134 valence electrons. The van der Waals surface area contributed by atoms with Crippen molar-refractivity contribution >= 4 is 22.5 Å². The van der Waals surface area contributed by atoms with Crippen LogP contribution in [-0.2, 0) is 6.54 Å². The number of nitrogens with zero attached hydrogens (tertiary/aromatic N) is 1. The van der Waals surface area contributed by atoms with Crippen LogP contribution in [0.3, 0.4) is 0 Å². The standard InChI is InChI=1S/C19H19FN4O2/c1-11(2)23-19(26)17-9-15(5-6-21-17)22-10-13-7-12-3-4-14(20)8-16(12)24-18(13)25/h3-9,11H,10H2,1-2H3,(H,21,22)(H,23,26)(H,24,25). The van der Waals surface area contributed by atoms with Gasteiger partial charge in [0.05, 0.1) is 5.52 Å². The predicted molar refractivity (Wildman–Crippen MR) is 98.7 cm³/mol. The summed E-state index contributed by atoms with van der Waals surface area (Å²) in [6.45, 7) is 4.01. The van der Waals surface area contributed by atoms with Crippen molar-refractivity contribution in [1.82, 2.24) is 15.3 Å². The fourth-order valence-electron chi connectivity index (χ4n) is 2.55. The van der Waals surface area contributed by atoms with Gasteiger partial charge in [0.2, 0.25) is 0 Å². The van der Waals surface area contributed by atoms with Crippen LogP contribution in [0.2, 0.25) is 0 Å². The summed E-state index contributed by atoms with van der Waals surface area (Å²) in [5.41, 5.74) is 1.64. The van der Waals surface area contributed by atoms with Crippen molar-refractivity contribution in [3.8, 4) is 0 Å². The zero-order chi connectivity index (χ0) is 18.7. The number of nitrogens with one attached hydrogen (secondary N) is 3. The first-order valence-electron chi connectivity index (χ1n) is 8.24. The SMILES string of the molecule is CC(C)NC(=O)c1cc(NCc2cc3ccc(F)cc3[nH]c2=O)ccn1. The molecule has 0 unspecified atom stereocenters. The molecule has 1 aromatic carbocycles. The highest BCUT2D eigenvalue weighted by Gasteiger charge is 2.09. The van der Waals surface area contributed by atoms with Gasteiger partial charge >= 0.3 is 0 Å². The number of hydrogen-bond acceptors (Lipinski definition) is 4. The van der Waals surface area contributed by atoms with E-state index in [0.717, 1.165) is 5.39 Å². The fraction of sp³-hybridized carbons (Fsp3) is 0.211. The number of rotatable bonds is 5. The number of hydrogen-bond donors (Lipinski definition) is 3. The molecule has 0 saturated carbocycles. The molecule has 26 heavy (non-hydrogen) atoms. The number of carbonyl (C=O) groups is 1. The van der Waals surface area contributed by atoms with Crippen LogP contribution in [0.1, 0.15) is 29.9 Å². The number of carbonyl (C=O) groups excluding carboxylic acids is 1. The molecule has 3 rings (SSSR count). The van der Waals surface area contributed by atoms with Gasteiger partial charge in [0.1, 0.15) is 11.5 Å². The van der Waals surface area contributed by atoms with E-state index in [1.54, 1.807) is 24.3 Å². The van der Waals surface area contributed by atoms with Crippen LogP contribution >= 0.6 is 0 Å². The van der Waals surface area contributed by atoms with Crippen molar-refractivity contribution in [2.45, 2.75) is 26.4 Å². The van der Waals surface area contributed by atoms with Crippen LogP contribution < -0.4 is 16.2 Å². The molecular formula is C19H19FN4O2. The lowest BCUT2D eigenvalue weighted by molar-refractivity contribution is 0.0938. The second-order valence-electron chi connectivity index (χ2n) is 6.27. The van der Waals surface area contributed by atoms with Crippen molar-refractivity contribution in [2.75, 3.05) is 5.32 Å². The molecule has 0 aliphatic carbocycles.